The lowest BCUT2D eigenvalue weighted by molar-refractivity contribution is -0.143. The van der Waals surface area contributed by atoms with Gasteiger partial charge in [-0.3, -0.25) is 9.59 Å². The number of nitrogens with one attached hydrogen (secondary N) is 1. The summed E-state index contributed by atoms with van der Waals surface area (Å²) in [5.74, 6) is -0.989. The number of hydrogen-bond acceptors (Lipinski definition) is 6. The molecule has 9 heteroatoms. The molecule has 0 bridgehead atoms. The standard InChI is InChI=1S/C20H22N2O6S/c23-19(14-21-20(24)17-6-2-1-3-7-17)28-15-16-5-4-8-18(13-16)29(25,26)22-9-11-27-12-10-22/h1-8,13H,9-12,14-15H2,(H,21,24). The predicted molar refractivity (Wildman–Crippen MR) is 105 cm³/mol. The Morgan fingerprint density at radius 2 is 1.76 bits per heavy atom. The summed E-state index contributed by atoms with van der Waals surface area (Å²) in [7, 11) is -3.62. The molecule has 1 aliphatic heterocycles. The summed E-state index contributed by atoms with van der Waals surface area (Å²) < 4.78 is 37.1. The van der Waals surface area contributed by atoms with Crippen LogP contribution in [-0.4, -0.2) is 57.4 Å². The van der Waals surface area contributed by atoms with Crippen molar-refractivity contribution in [2.45, 2.75) is 11.5 Å². The molecule has 1 saturated heterocycles. The third kappa shape index (κ3) is 5.63. The Labute approximate surface area is 169 Å². The molecule has 0 aromatic heterocycles. The van der Waals surface area contributed by atoms with Crippen LogP contribution in [0.5, 0.6) is 0 Å². The van der Waals surface area contributed by atoms with Crippen molar-refractivity contribution in [2.24, 2.45) is 0 Å². The van der Waals surface area contributed by atoms with Crippen LogP contribution in [0.15, 0.2) is 59.5 Å². The van der Waals surface area contributed by atoms with Gasteiger partial charge in [0.05, 0.1) is 18.1 Å². The van der Waals surface area contributed by atoms with Crippen molar-refractivity contribution >= 4 is 21.9 Å². The lowest BCUT2D eigenvalue weighted by Crippen LogP contribution is -2.40. The van der Waals surface area contributed by atoms with Crippen molar-refractivity contribution in [3.05, 3.63) is 65.7 Å². The second-order valence-corrected chi connectivity index (χ2v) is 8.31. The predicted octanol–water partition coefficient (Wildman–Crippen LogP) is 1.18. The van der Waals surface area contributed by atoms with E-state index in [9.17, 15) is 18.0 Å². The largest absolute Gasteiger partial charge is 0.460 e. The lowest BCUT2D eigenvalue weighted by atomic mass is 10.2. The Morgan fingerprint density at radius 3 is 2.48 bits per heavy atom. The molecule has 1 N–H and O–H groups in total. The first-order valence-electron chi connectivity index (χ1n) is 9.12. The van der Waals surface area contributed by atoms with Crippen molar-refractivity contribution in [1.82, 2.24) is 9.62 Å². The normalized spacial score (nSPS) is 14.9. The van der Waals surface area contributed by atoms with Crippen LogP contribution in [0, 0.1) is 0 Å². The number of sulfonamides is 1. The second-order valence-electron chi connectivity index (χ2n) is 6.37. The smallest absolute Gasteiger partial charge is 0.325 e. The summed E-state index contributed by atoms with van der Waals surface area (Å²) in [6.07, 6.45) is 0. The van der Waals surface area contributed by atoms with E-state index in [1.807, 2.05) is 0 Å². The summed E-state index contributed by atoms with van der Waals surface area (Å²) in [6.45, 7) is 0.980. The van der Waals surface area contributed by atoms with E-state index < -0.39 is 16.0 Å². The van der Waals surface area contributed by atoms with Crippen molar-refractivity contribution in [1.29, 1.82) is 0 Å². The van der Waals surface area contributed by atoms with Gasteiger partial charge in [-0.25, -0.2) is 8.42 Å². The van der Waals surface area contributed by atoms with Crippen LogP contribution in [0.25, 0.3) is 0 Å². The van der Waals surface area contributed by atoms with E-state index in [2.05, 4.69) is 5.32 Å². The van der Waals surface area contributed by atoms with Gasteiger partial charge >= 0.3 is 5.97 Å². The van der Waals surface area contributed by atoms with Crippen molar-refractivity contribution < 1.29 is 27.5 Å². The first kappa shape index (κ1) is 21.0. The number of carbonyl (C=O) groups excluding carboxylic acids is 2. The average molecular weight is 418 g/mol. The average Bonchev–Trinajstić information content (AvgIpc) is 2.77. The van der Waals surface area contributed by atoms with E-state index in [1.54, 1.807) is 42.5 Å². The van der Waals surface area contributed by atoms with Crippen LogP contribution >= 0.6 is 0 Å². The first-order valence-corrected chi connectivity index (χ1v) is 10.6. The Hall–Kier alpha value is -2.75. The molecule has 0 unspecified atom stereocenters. The molecule has 8 nitrogen and oxygen atoms in total. The molecule has 3 rings (SSSR count). The summed E-state index contributed by atoms with van der Waals surface area (Å²) in [4.78, 5) is 24.0. The molecular weight excluding hydrogens is 396 g/mol. The number of hydrogen-bond donors (Lipinski definition) is 1. The van der Waals surface area contributed by atoms with Crippen LogP contribution in [-0.2, 0) is 30.9 Å². The quantitative estimate of drug-likeness (QED) is 0.678. The Bertz CT molecular complexity index is 956. The molecule has 2 aromatic carbocycles. The Balaban J connectivity index is 1.53. The molecule has 1 fully saturated rings. The van der Waals surface area contributed by atoms with Gasteiger partial charge in [0.25, 0.3) is 5.91 Å². The highest BCUT2D eigenvalue weighted by molar-refractivity contribution is 7.89. The van der Waals surface area contributed by atoms with Gasteiger partial charge in [-0.2, -0.15) is 4.31 Å². The van der Waals surface area contributed by atoms with Gasteiger partial charge in [0.2, 0.25) is 10.0 Å². The fraction of sp³-hybridized carbons (Fsp3) is 0.300. The molecule has 29 heavy (non-hydrogen) atoms. The minimum absolute atomic E-state index is 0.0908. The topological polar surface area (TPSA) is 102 Å². The SMILES string of the molecule is O=C(CNC(=O)c1ccccc1)OCc1cccc(S(=O)(=O)N2CCOCC2)c1. The maximum atomic E-state index is 12.7. The zero-order chi connectivity index (χ0) is 20.7. The minimum Gasteiger partial charge on any atom is -0.460 e. The van der Waals surface area contributed by atoms with Gasteiger partial charge in [0.15, 0.2) is 0 Å². The number of rotatable bonds is 7. The van der Waals surface area contributed by atoms with E-state index >= 15 is 0 Å². The maximum absolute atomic E-state index is 12.7. The zero-order valence-corrected chi connectivity index (χ0v) is 16.6. The highest BCUT2D eigenvalue weighted by Gasteiger charge is 2.26. The third-order valence-corrected chi connectivity index (χ3v) is 6.23. The number of morpholine rings is 1. The van der Waals surface area contributed by atoms with Gasteiger partial charge in [-0.05, 0) is 29.8 Å². The van der Waals surface area contributed by atoms with Crippen molar-refractivity contribution in [2.75, 3.05) is 32.8 Å². The van der Waals surface area contributed by atoms with Gasteiger partial charge in [0.1, 0.15) is 13.2 Å². The number of benzene rings is 2. The van der Waals surface area contributed by atoms with Gasteiger partial charge in [-0.1, -0.05) is 30.3 Å². The van der Waals surface area contributed by atoms with E-state index in [1.165, 1.54) is 16.4 Å². The Morgan fingerprint density at radius 1 is 1.03 bits per heavy atom. The first-order chi connectivity index (χ1) is 14.0. The summed E-state index contributed by atoms with van der Waals surface area (Å²) in [5.41, 5.74) is 0.989. The molecule has 2 aromatic rings. The molecule has 0 spiro atoms. The van der Waals surface area contributed by atoms with Crippen LogP contribution in [0.1, 0.15) is 15.9 Å². The molecule has 154 valence electrons. The number of ether oxygens (including phenoxy) is 2. The third-order valence-electron chi connectivity index (χ3n) is 4.34. The summed E-state index contributed by atoms with van der Waals surface area (Å²) >= 11 is 0. The van der Waals surface area contributed by atoms with E-state index in [0.29, 0.717) is 37.4 Å². The fourth-order valence-corrected chi connectivity index (χ4v) is 4.27. The fourth-order valence-electron chi connectivity index (χ4n) is 2.79. The van der Waals surface area contributed by atoms with E-state index in [0.717, 1.165) is 0 Å². The minimum atomic E-state index is -3.62. The van der Waals surface area contributed by atoms with Crippen molar-refractivity contribution in [3.63, 3.8) is 0 Å². The molecule has 0 saturated carbocycles. The number of carbonyl (C=O) groups is 2. The van der Waals surface area contributed by atoms with Crippen LogP contribution < -0.4 is 5.32 Å². The maximum Gasteiger partial charge on any atom is 0.325 e. The van der Waals surface area contributed by atoms with Gasteiger partial charge in [-0.15, -0.1) is 0 Å². The summed E-state index contributed by atoms with van der Waals surface area (Å²) in [6, 6.07) is 14.8. The number of esters is 1. The van der Waals surface area contributed by atoms with Gasteiger partial charge < -0.3 is 14.8 Å². The zero-order valence-electron chi connectivity index (χ0n) is 15.7. The number of nitrogens with zero attached hydrogens (tertiary/aromatic N) is 1. The summed E-state index contributed by atoms with van der Waals surface area (Å²) in [5, 5.41) is 2.49. The molecule has 0 radical (unpaired) electrons. The molecule has 0 aliphatic carbocycles. The monoisotopic (exact) mass is 418 g/mol. The van der Waals surface area contributed by atoms with E-state index in [-0.39, 0.29) is 24.0 Å². The van der Waals surface area contributed by atoms with E-state index in [4.69, 9.17) is 9.47 Å². The molecule has 1 heterocycles. The number of amides is 1. The lowest BCUT2D eigenvalue weighted by Gasteiger charge is -2.26. The molecule has 0 atom stereocenters. The highest BCUT2D eigenvalue weighted by atomic mass is 32.2. The van der Waals surface area contributed by atoms with Crippen LogP contribution in [0.2, 0.25) is 0 Å². The molecule has 1 amide bonds. The van der Waals surface area contributed by atoms with Crippen molar-refractivity contribution in [3.8, 4) is 0 Å². The highest BCUT2D eigenvalue weighted by Crippen LogP contribution is 2.18. The van der Waals surface area contributed by atoms with Crippen LogP contribution in [0.3, 0.4) is 0 Å². The van der Waals surface area contributed by atoms with Gasteiger partial charge in [0, 0.05) is 18.7 Å². The second kappa shape index (κ2) is 9.64. The Kier molecular flexibility index (Phi) is 6.97. The molecule has 1 aliphatic rings. The van der Waals surface area contributed by atoms with Crippen LogP contribution in [0.4, 0.5) is 0 Å². The molecular formula is C20H22N2O6S.